The summed E-state index contributed by atoms with van der Waals surface area (Å²) in [4.78, 5) is 8.30. The monoisotopic (exact) mass is 272 g/mol. The van der Waals surface area contributed by atoms with Crippen LogP contribution in [0.3, 0.4) is 0 Å². The predicted octanol–water partition coefficient (Wildman–Crippen LogP) is 3.02. The first-order valence-electron chi connectivity index (χ1n) is 5.97. The molecule has 0 aliphatic carbocycles. The lowest BCUT2D eigenvalue weighted by molar-refractivity contribution is 0.822. The van der Waals surface area contributed by atoms with Gasteiger partial charge in [-0.15, -0.1) is 0 Å². The minimum absolute atomic E-state index is 0.199. The highest BCUT2D eigenvalue weighted by molar-refractivity contribution is 6.34. The molecule has 2 N–H and O–H groups in total. The number of aromatic nitrogens is 3. The van der Waals surface area contributed by atoms with Gasteiger partial charge in [0, 0.05) is 12.7 Å². The zero-order chi connectivity index (χ0) is 13.4. The lowest BCUT2D eigenvalue weighted by Crippen LogP contribution is -2.02. The van der Waals surface area contributed by atoms with Gasteiger partial charge < -0.3 is 10.3 Å². The molecule has 2 aromatic heterocycles. The number of fused-ring (bicyclic) bond motifs is 1. The molecule has 0 atom stereocenters. The molecular weight excluding hydrogens is 260 g/mol. The Labute approximate surface area is 115 Å². The van der Waals surface area contributed by atoms with Crippen molar-refractivity contribution in [1.29, 1.82) is 0 Å². The normalized spacial score (nSPS) is 11.1. The van der Waals surface area contributed by atoms with E-state index in [0.29, 0.717) is 5.15 Å². The maximum atomic E-state index is 6.14. The first kappa shape index (κ1) is 12.0. The number of nitrogens with two attached hydrogens (primary N) is 1. The molecule has 19 heavy (non-hydrogen) atoms. The second kappa shape index (κ2) is 4.55. The van der Waals surface area contributed by atoms with E-state index in [1.54, 1.807) is 0 Å². The van der Waals surface area contributed by atoms with E-state index in [0.717, 1.165) is 23.1 Å². The van der Waals surface area contributed by atoms with Crippen LogP contribution in [0.5, 0.6) is 0 Å². The van der Waals surface area contributed by atoms with Gasteiger partial charge in [-0.25, -0.2) is 4.98 Å². The van der Waals surface area contributed by atoms with Gasteiger partial charge in [0.05, 0.1) is 5.39 Å². The molecule has 0 fully saturated rings. The Balaban J connectivity index is 2.14. The van der Waals surface area contributed by atoms with Crippen molar-refractivity contribution < 1.29 is 0 Å². The standard InChI is InChI=1S/C14H13ClN4/c1-9-7-19(8-10-5-3-2-4-6-10)13-11(9)12(15)17-14(16)18-13/h2-7H,8H2,1H3,(H2,16,17,18). The van der Waals surface area contributed by atoms with Crippen molar-refractivity contribution in [2.24, 2.45) is 0 Å². The highest BCUT2D eigenvalue weighted by Crippen LogP contribution is 2.26. The van der Waals surface area contributed by atoms with E-state index < -0.39 is 0 Å². The molecular formula is C14H13ClN4. The predicted molar refractivity (Wildman–Crippen MR) is 77.2 cm³/mol. The minimum atomic E-state index is 0.199. The number of anilines is 1. The van der Waals surface area contributed by atoms with E-state index in [2.05, 4.69) is 22.1 Å². The second-order valence-electron chi connectivity index (χ2n) is 4.50. The summed E-state index contributed by atoms with van der Waals surface area (Å²) in [6.07, 6.45) is 2.03. The van der Waals surface area contributed by atoms with Crippen LogP contribution in [0.2, 0.25) is 5.15 Å². The van der Waals surface area contributed by atoms with Crippen LogP contribution in [0.25, 0.3) is 11.0 Å². The van der Waals surface area contributed by atoms with Gasteiger partial charge in [-0.3, -0.25) is 0 Å². The van der Waals surface area contributed by atoms with Gasteiger partial charge in [-0.2, -0.15) is 4.98 Å². The van der Waals surface area contributed by atoms with Crippen molar-refractivity contribution in [3.05, 3.63) is 52.8 Å². The van der Waals surface area contributed by atoms with Gasteiger partial charge >= 0.3 is 0 Å². The number of hydrogen-bond acceptors (Lipinski definition) is 3. The number of hydrogen-bond donors (Lipinski definition) is 1. The van der Waals surface area contributed by atoms with Crippen LogP contribution in [-0.2, 0) is 6.54 Å². The van der Waals surface area contributed by atoms with Crippen molar-refractivity contribution in [2.75, 3.05) is 5.73 Å². The molecule has 2 heterocycles. The second-order valence-corrected chi connectivity index (χ2v) is 4.85. The fourth-order valence-electron chi connectivity index (χ4n) is 2.25. The largest absolute Gasteiger partial charge is 0.368 e. The number of halogens is 1. The Bertz CT molecular complexity index is 734. The van der Waals surface area contributed by atoms with Crippen LogP contribution in [0.1, 0.15) is 11.1 Å². The third-order valence-electron chi connectivity index (χ3n) is 3.07. The van der Waals surface area contributed by atoms with Crippen LogP contribution in [0, 0.1) is 6.92 Å². The van der Waals surface area contributed by atoms with Gasteiger partial charge in [-0.05, 0) is 18.1 Å². The topological polar surface area (TPSA) is 56.7 Å². The molecule has 0 unspecified atom stereocenters. The molecule has 0 aliphatic heterocycles. The molecule has 3 aromatic rings. The molecule has 0 bridgehead atoms. The van der Waals surface area contributed by atoms with Gasteiger partial charge in [0.1, 0.15) is 10.8 Å². The number of nitrogens with zero attached hydrogens (tertiary/aromatic N) is 3. The van der Waals surface area contributed by atoms with Crippen LogP contribution in [0.15, 0.2) is 36.5 Å². The summed E-state index contributed by atoms with van der Waals surface area (Å²) in [6, 6.07) is 10.2. The van der Waals surface area contributed by atoms with Crippen molar-refractivity contribution in [3.63, 3.8) is 0 Å². The van der Waals surface area contributed by atoms with Gasteiger partial charge in [0.15, 0.2) is 0 Å². The molecule has 1 aromatic carbocycles. The van der Waals surface area contributed by atoms with E-state index in [-0.39, 0.29) is 5.95 Å². The van der Waals surface area contributed by atoms with Crippen LogP contribution in [-0.4, -0.2) is 14.5 Å². The SMILES string of the molecule is Cc1cn(Cc2ccccc2)c2nc(N)nc(Cl)c12. The van der Waals surface area contributed by atoms with Crippen molar-refractivity contribution in [1.82, 2.24) is 14.5 Å². The van der Waals surface area contributed by atoms with Crippen molar-refractivity contribution in [3.8, 4) is 0 Å². The number of benzene rings is 1. The zero-order valence-corrected chi connectivity index (χ0v) is 11.2. The van der Waals surface area contributed by atoms with E-state index >= 15 is 0 Å². The fourth-order valence-corrected chi connectivity index (χ4v) is 2.57. The van der Waals surface area contributed by atoms with E-state index in [4.69, 9.17) is 17.3 Å². The molecule has 4 nitrogen and oxygen atoms in total. The average Bonchev–Trinajstić information content (AvgIpc) is 2.67. The van der Waals surface area contributed by atoms with Crippen molar-refractivity contribution in [2.45, 2.75) is 13.5 Å². The zero-order valence-electron chi connectivity index (χ0n) is 10.5. The van der Waals surface area contributed by atoms with E-state index in [9.17, 15) is 0 Å². The average molecular weight is 273 g/mol. The summed E-state index contributed by atoms with van der Waals surface area (Å²) in [5.41, 5.74) is 8.71. The van der Waals surface area contributed by atoms with Gasteiger partial charge in [-0.1, -0.05) is 41.9 Å². The summed E-state index contributed by atoms with van der Waals surface area (Å²) in [5, 5.41) is 1.28. The maximum Gasteiger partial charge on any atom is 0.223 e. The van der Waals surface area contributed by atoms with Gasteiger partial charge in [0.25, 0.3) is 0 Å². The molecule has 0 saturated heterocycles. The van der Waals surface area contributed by atoms with E-state index in [1.165, 1.54) is 5.56 Å². The smallest absolute Gasteiger partial charge is 0.223 e. The summed E-state index contributed by atoms with van der Waals surface area (Å²) < 4.78 is 2.05. The molecule has 5 heteroatoms. The third-order valence-corrected chi connectivity index (χ3v) is 3.35. The summed E-state index contributed by atoms with van der Waals surface area (Å²) in [6.45, 7) is 2.73. The quantitative estimate of drug-likeness (QED) is 0.730. The number of nitrogen functional groups attached to an aromatic ring is 1. The fraction of sp³-hybridized carbons (Fsp3) is 0.143. The van der Waals surface area contributed by atoms with E-state index in [1.807, 2.05) is 35.9 Å². The molecule has 0 amide bonds. The Morgan fingerprint density at radius 3 is 2.68 bits per heavy atom. The Morgan fingerprint density at radius 2 is 1.95 bits per heavy atom. The molecule has 0 radical (unpaired) electrons. The first-order valence-corrected chi connectivity index (χ1v) is 6.35. The summed E-state index contributed by atoms with van der Waals surface area (Å²) >= 11 is 6.14. The van der Waals surface area contributed by atoms with Crippen LogP contribution in [0.4, 0.5) is 5.95 Å². The number of rotatable bonds is 2. The third kappa shape index (κ3) is 2.15. The van der Waals surface area contributed by atoms with Gasteiger partial charge in [0.2, 0.25) is 5.95 Å². The summed E-state index contributed by atoms with van der Waals surface area (Å²) in [7, 11) is 0. The molecule has 0 spiro atoms. The lowest BCUT2D eigenvalue weighted by Gasteiger charge is -2.05. The first-order chi connectivity index (χ1) is 9.15. The highest BCUT2D eigenvalue weighted by Gasteiger charge is 2.12. The summed E-state index contributed by atoms with van der Waals surface area (Å²) in [5.74, 6) is 0.199. The van der Waals surface area contributed by atoms with Crippen LogP contribution >= 0.6 is 11.6 Å². The lowest BCUT2D eigenvalue weighted by atomic mass is 10.2. The Hall–Kier alpha value is -2.07. The Morgan fingerprint density at radius 1 is 1.21 bits per heavy atom. The molecule has 96 valence electrons. The minimum Gasteiger partial charge on any atom is -0.368 e. The molecule has 0 aliphatic rings. The number of aryl methyl sites for hydroxylation is 1. The van der Waals surface area contributed by atoms with Crippen LogP contribution < -0.4 is 5.73 Å². The van der Waals surface area contributed by atoms with Crippen molar-refractivity contribution >= 4 is 28.6 Å². The molecule has 0 saturated carbocycles. The molecule has 3 rings (SSSR count). The Kier molecular flexibility index (Phi) is 2.87. The highest BCUT2D eigenvalue weighted by atomic mass is 35.5. The maximum absolute atomic E-state index is 6.14.